The highest BCUT2D eigenvalue weighted by Gasteiger charge is 2.41. The minimum atomic E-state index is -5.05. The van der Waals surface area contributed by atoms with E-state index in [1.165, 1.54) is 109 Å². The zero-order valence-corrected chi connectivity index (χ0v) is 47.8. The Balaban J connectivity index is 0.000000256. The number of nitro groups is 2. The predicted molar refractivity (Wildman–Crippen MR) is 295 cm³/mol. The number of rotatable bonds is 12. The van der Waals surface area contributed by atoms with Crippen molar-refractivity contribution >= 4 is 35.3 Å². The molecule has 2 fully saturated rings. The minimum absolute atomic E-state index is 0.00835. The number of nitro benzene ring substituents is 2. The number of non-ortho nitro benzene ring substituents is 2. The Morgan fingerprint density at radius 3 is 1.06 bits per heavy atom. The average molecular weight is 1280 g/mol. The largest absolute Gasteiger partial charge is 0.416 e. The van der Waals surface area contributed by atoms with E-state index in [2.05, 4.69) is 10.6 Å². The lowest BCUT2D eigenvalue weighted by Crippen LogP contribution is -2.51. The molecule has 480 valence electrons. The minimum Gasteiger partial charge on any atom is -0.349 e. The van der Waals surface area contributed by atoms with Crippen molar-refractivity contribution in [1.82, 2.24) is 30.2 Å². The van der Waals surface area contributed by atoms with Crippen molar-refractivity contribution in [2.45, 2.75) is 101 Å². The third-order valence-corrected chi connectivity index (χ3v) is 15.0. The van der Waals surface area contributed by atoms with E-state index in [9.17, 15) is 101 Å². The molecule has 6 aromatic rings. The van der Waals surface area contributed by atoms with Gasteiger partial charge in [-0.2, -0.15) is 52.7 Å². The number of hydrogen-bond acceptors (Lipinski definition) is 8. The molecule has 90 heavy (non-hydrogen) atoms. The van der Waals surface area contributed by atoms with Crippen molar-refractivity contribution in [2.75, 3.05) is 27.2 Å². The molecule has 2 heterocycles. The molecule has 2 aliphatic heterocycles. The molecule has 2 saturated heterocycles. The standard InChI is InChI=1S/2C30H27F7N4O4/c2*1-17-11-22(31)5-8-25(17)26-15-23(38-27(42)19-3-6-24(7-4-19)41(44)45)9-10-40(26)28(43)39(2)16-18-12-20(29(32,33)34)14-21(13-18)30(35,36)37/h2*3-8,11-14,23,26H,9-10,15-16H2,1-2H3,(H,38,42)/t2*23-,26-/m10/s1. The first-order valence-electron chi connectivity index (χ1n) is 27.1. The Morgan fingerprint density at radius 2 is 0.789 bits per heavy atom. The number of likely N-dealkylation sites (tertiary alicyclic amines) is 2. The van der Waals surface area contributed by atoms with Gasteiger partial charge in [0, 0.05) is 87.8 Å². The quantitative estimate of drug-likeness (QED) is 0.0687. The second-order valence-electron chi connectivity index (χ2n) is 21.5. The summed E-state index contributed by atoms with van der Waals surface area (Å²) < 4.78 is 188. The highest BCUT2D eigenvalue weighted by molar-refractivity contribution is 5.95. The summed E-state index contributed by atoms with van der Waals surface area (Å²) in [6.45, 7) is 2.16. The van der Waals surface area contributed by atoms with Crippen molar-refractivity contribution in [3.05, 3.63) is 220 Å². The maximum absolute atomic E-state index is 13.9. The van der Waals surface area contributed by atoms with E-state index in [-0.39, 0.29) is 84.5 Å². The third-order valence-electron chi connectivity index (χ3n) is 15.0. The summed E-state index contributed by atoms with van der Waals surface area (Å²) in [7, 11) is 2.49. The van der Waals surface area contributed by atoms with Crippen LogP contribution in [-0.2, 0) is 37.8 Å². The lowest BCUT2D eigenvalue weighted by molar-refractivity contribution is -0.385. The van der Waals surface area contributed by atoms with Crippen molar-refractivity contribution < 1.29 is 90.5 Å². The van der Waals surface area contributed by atoms with Crippen molar-refractivity contribution in [1.29, 1.82) is 0 Å². The summed E-state index contributed by atoms with van der Waals surface area (Å²) in [5.74, 6) is -2.11. The monoisotopic (exact) mass is 1280 g/mol. The summed E-state index contributed by atoms with van der Waals surface area (Å²) in [6.07, 6.45) is -19.4. The van der Waals surface area contributed by atoms with Gasteiger partial charge in [0.2, 0.25) is 0 Å². The number of carbonyl (C=O) groups is 4. The number of halogens is 14. The van der Waals surface area contributed by atoms with E-state index in [0.717, 1.165) is 9.80 Å². The zero-order chi connectivity index (χ0) is 66.5. The molecule has 6 amide bonds. The van der Waals surface area contributed by atoms with Gasteiger partial charge in [-0.1, -0.05) is 12.1 Å². The number of piperidine rings is 2. The van der Waals surface area contributed by atoms with Crippen molar-refractivity contribution in [2.24, 2.45) is 0 Å². The summed E-state index contributed by atoms with van der Waals surface area (Å²) in [4.78, 5) is 78.5. The molecule has 2 N–H and O–H groups in total. The maximum Gasteiger partial charge on any atom is 0.416 e. The van der Waals surface area contributed by atoms with Crippen LogP contribution in [0, 0.1) is 45.7 Å². The van der Waals surface area contributed by atoms with E-state index in [0.29, 0.717) is 46.5 Å². The van der Waals surface area contributed by atoms with Gasteiger partial charge in [-0.25, -0.2) is 18.4 Å². The first-order valence-corrected chi connectivity index (χ1v) is 27.1. The second-order valence-corrected chi connectivity index (χ2v) is 21.5. The summed E-state index contributed by atoms with van der Waals surface area (Å²) in [6, 6.07) is 16.1. The lowest BCUT2D eigenvalue weighted by Gasteiger charge is -2.42. The number of hydrogen-bond donors (Lipinski definition) is 2. The molecule has 0 spiro atoms. The molecule has 0 aliphatic carbocycles. The Morgan fingerprint density at radius 1 is 0.489 bits per heavy atom. The summed E-state index contributed by atoms with van der Waals surface area (Å²) >= 11 is 0. The van der Waals surface area contributed by atoms with Crippen LogP contribution in [0.2, 0.25) is 0 Å². The highest BCUT2D eigenvalue weighted by Crippen LogP contribution is 2.41. The van der Waals surface area contributed by atoms with Gasteiger partial charge in [0.15, 0.2) is 0 Å². The van der Waals surface area contributed by atoms with E-state index in [4.69, 9.17) is 0 Å². The third kappa shape index (κ3) is 17.1. The topological polar surface area (TPSA) is 192 Å². The van der Waals surface area contributed by atoms with Gasteiger partial charge in [0.05, 0.1) is 44.2 Å². The number of carbonyl (C=O) groups excluding carboxylic acids is 4. The fraction of sp³-hybridized carbons (Fsp3) is 0.333. The number of nitrogens with one attached hydrogen (secondary N) is 2. The Kier molecular flexibility index (Phi) is 20.6. The van der Waals surface area contributed by atoms with Gasteiger partial charge in [-0.15, -0.1) is 0 Å². The van der Waals surface area contributed by atoms with Crippen LogP contribution in [0.3, 0.4) is 0 Å². The van der Waals surface area contributed by atoms with Crippen LogP contribution in [0.5, 0.6) is 0 Å². The number of nitrogens with zero attached hydrogens (tertiary/aromatic N) is 6. The van der Waals surface area contributed by atoms with Crippen molar-refractivity contribution in [3.63, 3.8) is 0 Å². The summed E-state index contributed by atoms with van der Waals surface area (Å²) in [5.41, 5.74) is -4.82. The molecule has 6 aromatic carbocycles. The lowest BCUT2D eigenvalue weighted by atomic mass is 9.89. The van der Waals surface area contributed by atoms with E-state index >= 15 is 0 Å². The van der Waals surface area contributed by atoms with Crippen LogP contribution >= 0.6 is 0 Å². The molecule has 0 unspecified atom stereocenters. The number of benzene rings is 6. The maximum atomic E-state index is 13.9. The molecule has 4 atom stereocenters. The van der Waals surface area contributed by atoms with Crippen LogP contribution in [0.25, 0.3) is 0 Å². The SMILES string of the molecule is Cc1cc(F)ccc1[C@@H]1C[C@@H](NC(=O)c2ccc([N+](=O)[O-])cc2)CCN1C(=O)N(C)Cc1cc(C(F)(F)F)cc(C(F)(F)F)c1.Cc1cc(F)ccc1[C@H]1C[C@H](NC(=O)c2ccc([N+](=O)[O-])cc2)CCN1C(=O)N(C)Cc1cc(C(F)(F)F)cc(C(F)(F)F)c1. The number of aryl methyl sites for hydroxylation is 2. The molecule has 0 radical (unpaired) electrons. The highest BCUT2D eigenvalue weighted by atomic mass is 19.4. The fourth-order valence-electron chi connectivity index (χ4n) is 10.6. The van der Waals surface area contributed by atoms with Crippen LogP contribution in [0.15, 0.2) is 121 Å². The molecular formula is C60H54F14N8O8. The Bertz CT molecular complexity index is 3360. The number of urea groups is 2. The van der Waals surface area contributed by atoms with Crippen LogP contribution in [0.4, 0.5) is 82.4 Å². The normalized spacial score (nSPS) is 17.1. The van der Waals surface area contributed by atoms with E-state index in [1.54, 1.807) is 13.8 Å². The number of alkyl halides is 12. The van der Waals surface area contributed by atoms with E-state index < -0.39 is 130 Å². The van der Waals surface area contributed by atoms with Crippen LogP contribution < -0.4 is 10.6 Å². The molecule has 0 bridgehead atoms. The first kappa shape index (κ1) is 68.1. The van der Waals surface area contributed by atoms with Gasteiger partial charge in [-0.3, -0.25) is 29.8 Å². The van der Waals surface area contributed by atoms with Gasteiger partial charge in [-0.05, 0) is 158 Å². The molecule has 16 nitrogen and oxygen atoms in total. The Hall–Kier alpha value is -9.38. The van der Waals surface area contributed by atoms with Gasteiger partial charge >= 0.3 is 36.8 Å². The number of amides is 6. The van der Waals surface area contributed by atoms with Crippen LogP contribution in [-0.4, -0.2) is 92.6 Å². The second kappa shape index (κ2) is 27.2. The molecule has 8 rings (SSSR count). The van der Waals surface area contributed by atoms with Gasteiger partial charge in [0.25, 0.3) is 23.2 Å². The Labute approximate surface area is 503 Å². The first-order chi connectivity index (χ1) is 41.9. The molecular weight excluding hydrogens is 1230 g/mol. The van der Waals surface area contributed by atoms with Gasteiger partial charge in [0.1, 0.15) is 11.6 Å². The molecule has 0 aromatic heterocycles. The van der Waals surface area contributed by atoms with Crippen molar-refractivity contribution in [3.8, 4) is 0 Å². The zero-order valence-electron chi connectivity index (χ0n) is 47.8. The summed E-state index contributed by atoms with van der Waals surface area (Å²) in [5, 5.41) is 27.5. The van der Waals surface area contributed by atoms with Crippen LogP contribution in [0.1, 0.15) is 114 Å². The van der Waals surface area contributed by atoms with E-state index in [1.807, 2.05) is 0 Å². The fourth-order valence-corrected chi connectivity index (χ4v) is 10.6. The molecule has 0 saturated carbocycles. The average Bonchev–Trinajstić information content (AvgIpc) is 0.838. The molecule has 30 heteroatoms. The predicted octanol–water partition coefficient (Wildman–Crippen LogP) is 14.5. The smallest absolute Gasteiger partial charge is 0.349 e. The van der Waals surface area contributed by atoms with Gasteiger partial charge < -0.3 is 30.2 Å². The molecule has 2 aliphatic rings.